The summed E-state index contributed by atoms with van der Waals surface area (Å²) in [5.41, 5.74) is 0. The van der Waals surface area contributed by atoms with Crippen LogP contribution in [0.25, 0.3) is 0 Å². The second kappa shape index (κ2) is 3.73. The number of carbonyl (C=O) groups is 2. The smallest absolute Gasteiger partial charge is 0.319 e. The second-order valence-electron chi connectivity index (χ2n) is 5.00. The van der Waals surface area contributed by atoms with Crippen molar-refractivity contribution >= 4 is 11.9 Å². The molecule has 1 unspecified atom stereocenters. The Morgan fingerprint density at radius 2 is 1.88 bits per heavy atom. The lowest BCUT2D eigenvalue weighted by Gasteiger charge is -2.49. The maximum Gasteiger partial charge on any atom is 0.324 e. The number of piperidine rings is 3. The SMILES string of the molecule is O=C1CCN(C2CN3CCC2CC3)C(=O)N1. The molecule has 1 atom stereocenters. The van der Waals surface area contributed by atoms with Gasteiger partial charge in [0.25, 0.3) is 0 Å². The molecule has 5 nitrogen and oxygen atoms in total. The van der Waals surface area contributed by atoms with Gasteiger partial charge in [-0.2, -0.15) is 0 Å². The molecular weight excluding hydrogens is 206 g/mol. The average molecular weight is 223 g/mol. The Hall–Kier alpha value is -1.10. The Morgan fingerprint density at radius 3 is 2.44 bits per heavy atom. The number of fused-ring (bicyclic) bond motifs is 3. The Labute approximate surface area is 94.8 Å². The van der Waals surface area contributed by atoms with Gasteiger partial charge in [-0.3, -0.25) is 10.1 Å². The summed E-state index contributed by atoms with van der Waals surface area (Å²) in [6.07, 6.45) is 2.85. The molecule has 0 aromatic rings. The van der Waals surface area contributed by atoms with E-state index in [0.717, 1.165) is 6.54 Å². The lowest BCUT2D eigenvalue weighted by atomic mass is 9.83. The minimum absolute atomic E-state index is 0.137. The van der Waals surface area contributed by atoms with Crippen molar-refractivity contribution in [1.82, 2.24) is 15.1 Å². The van der Waals surface area contributed by atoms with Crippen LogP contribution in [-0.2, 0) is 4.79 Å². The van der Waals surface area contributed by atoms with Crippen LogP contribution >= 0.6 is 0 Å². The van der Waals surface area contributed by atoms with Crippen LogP contribution in [0.15, 0.2) is 0 Å². The molecular formula is C11H17N3O2. The van der Waals surface area contributed by atoms with E-state index in [1.165, 1.54) is 25.9 Å². The molecule has 4 saturated heterocycles. The minimum atomic E-state index is -0.185. The summed E-state index contributed by atoms with van der Waals surface area (Å²) in [6.45, 7) is 3.94. The highest BCUT2D eigenvalue weighted by Crippen LogP contribution is 2.31. The molecule has 1 N–H and O–H groups in total. The van der Waals surface area contributed by atoms with Gasteiger partial charge >= 0.3 is 6.03 Å². The van der Waals surface area contributed by atoms with Crippen molar-refractivity contribution < 1.29 is 9.59 Å². The Balaban J connectivity index is 1.73. The van der Waals surface area contributed by atoms with Crippen molar-refractivity contribution in [2.75, 3.05) is 26.2 Å². The summed E-state index contributed by atoms with van der Waals surface area (Å²) in [7, 11) is 0. The minimum Gasteiger partial charge on any atom is -0.319 e. The van der Waals surface area contributed by atoms with Crippen molar-refractivity contribution in [2.45, 2.75) is 25.3 Å². The molecule has 5 heteroatoms. The summed E-state index contributed by atoms with van der Waals surface area (Å²) in [4.78, 5) is 27.1. The van der Waals surface area contributed by atoms with Crippen LogP contribution in [0, 0.1) is 5.92 Å². The predicted molar refractivity (Wildman–Crippen MR) is 57.8 cm³/mol. The number of nitrogens with one attached hydrogen (secondary N) is 1. The predicted octanol–water partition coefficient (Wildman–Crippen LogP) is 0.0225. The molecule has 4 fully saturated rings. The topological polar surface area (TPSA) is 52.7 Å². The molecule has 4 aliphatic heterocycles. The normalized spacial score (nSPS) is 38.8. The summed E-state index contributed by atoms with van der Waals surface area (Å²) >= 11 is 0. The summed E-state index contributed by atoms with van der Waals surface area (Å²) in [5.74, 6) is 0.506. The molecule has 0 radical (unpaired) electrons. The highest BCUT2D eigenvalue weighted by Gasteiger charge is 2.40. The van der Waals surface area contributed by atoms with Crippen LogP contribution < -0.4 is 5.32 Å². The highest BCUT2D eigenvalue weighted by molar-refractivity contribution is 5.96. The third kappa shape index (κ3) is 1.59. The van der Waals surface area contributed by atoms with Crippen molar-refractivity contribution in [2.24, 2.45) is 5.92 Å². The third-order valence-corrected chi connectivity index (χ3v) is 4.11. The van der Waals surface area contributed by atoms with Gasteiger partial charge in [-0.1, -0.05) is 0 Å². The molecule has 4 aliphatic rings. The zero-order valence-electron chi connectivity index (χ0n) is 9.32. The van der Waals surface area contributed by atoms with Gasteiger partial charge in [0.15, 0.2) is 0 Å². The summed E-state index contributed by atoms with van der Waals surface area (Å²) in [5, 5.41) is 2.42. The molecule has 0 aliphatic carbocycles. The van der Waals surface area contributed by atoms with Crippen LogP contribution in [0.3, 0.4) is 0 Å². The highest BCUT2D eigenvalue weighted by atomic mass is 16.2. The van der Waals surface area contributed by atoms with E-state index in [1.807, 2.05) is 4.90 Å². The Kier molecular flexibility index (Phi) is 2.35. The van der Waals surface area contributed by atoms with E-state index in [2.05, 4.69) is 10.2 Å². The Morgan fingerprint density at radius 1 is 1.12 bits per heavy atom. The van der Waals surface area contributed by atoms with Crippen molar-refractivity contribution in [3.63, 3.8) is 0 Å². The molecule has 88 valence electrons. The molecule has 16 heavy (non-hydrogen) atoms. The maximum atomic E-state index is 11.8. The number of amides is 3. The number of nitrogens with zero attached hydrogens (tertiary/aromatic N) is 2. The number of urea groups is 1. The number of carbonyl (C=O) groups excluding carboxylic acids is 2. The number of rotatable bonds is 1. The van der Waals surface area contributed by atoms with Crippen LogP contribution in [0.2, 0.25) is 0 Å². The average Bonchev–Trinajstić information content (AvgIpc) is 2.30. The zero-order valence-corrected chi connectivity index (χ0v) is 9.32. The fourth-order valence-corrected chi connectivity index (χ4v) is 3.18. The van der Waals surface area contributed by atoms with E-state index in [-0.39, 0.29) is 11.9 Å². The zero-order chi connectivity index (χ0) is 11.1. The van der Waals surface area contributed by atoms with Crippen LogP contribution in [0.5, 0.6) is 0 Å². The fraction of sp³-hybridized carbons (Fsp3) is 0.818. The first-order chi connectivity index (χ1) is 7.74. The molecule has 0 aromatic carbocycles. The summed E-state index contributed by atoms with van der Waals surface area (Å²) in [6, 6.07) is 0.144. The standard InChI is InChI=1S/C11H17N3O2/c15-10-3-6-14(11(16)12-10)9-7-13-4-1-8(9)2-5-13/h8-9H,1-7H2,(H,12,15,16). The van der Waals surface area contributed by atoms with E-state index >= 15 is 0 Å². The first-order valence-electron chi connectivity index (χ1n) is 6.07. The lowest BCUT2D eigenvalue weighted by molar-refractivity contribution is -0.122. The molecule has 0 aromatic heterocycles. The van der Waals surface area contributed by atoms with Crippen LogP contribution in [0.1, 0.15) is 19.3 Å². The van der Waals surface area contributed by atoms with E-state index in [4.69, 9.17) is 0 Å². The fourth-order valence-electron chi connectivity index (χ4n) is 3.18. The molecule has 0 spiro atoms. The lowest BCUT2D eigenvalue weighted by Crippen LogP contribution is -2.62. The number of imide groups is 1. The van der Waals surface area contributed by atoms with Gasteiger partial charge in [-0.15, -0.1) is 0 Å². The monoisotopic (exact) mass is 223 g/mol. The van der Waals surface area contributed by atoms with Gasteiger partial charge in [-0.25, -0.2) is 4.79 Å². The van der Waals surface area contributed by atoms with E-state index in [9.17, 15) is 9.59 Å². The second-order valence-corrected chi connectivity index (χ2v) is 5.00. The van der Waals surface area contributed by atoms with Crippen molar-refractivity contribution in [3.05, 3.63) is 0 Å². The maximum absolute atomic E-state index is 11.8. The van der Waals surface area contributed by atoms with Crippen molar-refractivity contribution in [1.29, 1.82) is 0 Å². The molecule has 4 rings (SSSR count). The van der Waals surface area contributed by atoms with E-state index in [1.54, 1.807) is 0 Å². The molecule has 0 saturated carbocycles. The van der Waals surface area contributed by atoms with Gasteiger partial charge in [0.1, 0.15) is 0 Å². The molecule has 4 heterocycles. The number of hydrogen-bond acceptors (Lipinski definition) is 3. The van der Waals surface area contributed by atoms with E-state index in [0.29, 0.717) is 24.9 Å². The summed E-state index contributed by atoms with van der Waals surface area (Å²) < 4.78 is 0. The van der Waals surface area contributed by atoms with Gasteiger partial charge in [0, 0.05) is 25.6 Å². The van der Waals surface area contributed by atoms with Crippen LogP contribution in [0.4, 0.5) is 4.79 Å². The first-order valence-corrected chi connectivity index (χ1v) is 6.07. The van der Waals surface area contributed by atoms with Crippen molar-refractivity contribution in [3.8, 4) is 0 Å². The van der Waals surface area contributed by atoms with Gasteiger partial charge in [-0.05, 0) is 31.8 Å². The van der Waals surface area contributed by atoms with Gasteiger partial charge in [0.05, 0.1) is 0 Å². The third-order valence-electron chi connectivity index (χ3n) is 4.11. The first kappa shape index (κ1) is 10.1. The number of hydrogen-bond donors (Lipinski definition) is 1. The largest absolute Gasteiger partial charge is 0.324 e. The van der Waals surface area contributed by atoms with Gasteiger partial charge < -0.3 is 9.80 Å². The molecule has 2 bridgehead atoms. The van der Waals surface area contributed by atoms with E-state index < -0.39 is 0 Å². The quantitative estimate of drug-likeness (QED) is 0.682. The molecule has 3 amide bonds. The Bertz CT molecular complexity index is 323. The van der Waals surface area contributed by atoms with Gasteiger partial charge in [0.2, 0.25) is 5.91 Å². The van der Waals surface area contributed by atoms with Crippen LogP contribution in [-0.4, -0.2) is 54.0 Å².